The number of esters is 3. The number of fused-ring (bicyclic) bond motifs is 1. The normalized spacial score (nSPS) is 10.4. The van der Waals surface area contributed by atoms with Gasteiger partial charge in [0.1, 0.15) is 0 Å². The molecule has 2 aromatic carbocycles. The third-order valence-electron chi connectivity index (χ3n) is 5.32. The first kappa shape index (κ1) is 25.0. The molecule has 0 atom stereocenters. The zero-order chi connectivity index (χ0) is 26.4. The van der Waals surface area contributed by atoms with Crippen molar-refractivity contribution in [2.75, 3.05) is 26.1 Å². The molecule has 0 unspecified atom stereocenters. The van der Waals surface area contributed by atoms with Crippen LogP contribution in [0.1, 0.15) is 31.1 Å². The van der Waals surface area contributed by atoms with Gasteiger partial charge in [-0.25, -0.2) is 19.4 Å². The van der Waals surface area contributed by atoms with E-state index in [1.54, 1.807) is 54.7 Å². The molecule has 0 radical (unpaired) electrons. The monoisotopic (exact) mass is 499 g/mol. The van der Waals surface area contributed by atoms with E-state index in [-0.39, 0.29) is 22.4 Å². The van der Waals surface area contributed by atoms with E-state index in [0.29, 0.717) is 22.3 Å². The number of rotatable bonds is 7. The summed E-state index contributed by atoms with van der Waals surface area (Å²) in [6, 6.07) is 17.9. The number of amides is 1. The van der Waals surface area contributed by atoms with E-state index in [1.165, 1.54) is 32.4 Å². The van der Waals surface area contributed by atoms with Crippen molar-refractivity contribution in [1.29, 1.82) is 0 Å². The van der Waals surface area contributed by atoms with Gasteiger partial charge in [-0.15, -0.1) is 0 Å². The SMILES string of the molecule is COC(=O)c1ccc(C(=O)OC)c(NC(=O)COC(=O)c2cc(-c3ccccn3)nc3ccccc23)c1. The van der Waals surface area contributed by atoms with Crippen molar-refractivity contribution in [3.63, 3.8) is 0 Å². The highest BCUT2D eigenvalue weighted by molar-refractivity contribution is 6.07. The Hall–Kier alpha value is -5.12. The summed E-state index contributed by atoms with van der Waals surface area (Å²) in [4.78, 5) is 58.5. The average Bonchev–Trinajstić information content (AvgIpc) is 2.94. The second-order valence-corrected chi connectivity index (χ2v) is 7.66. The number of hydrogen-bond donors (Lipinski definition) is 1. The van der Waals surface area contributed by atoms with Gasteiger partial charge in [0.05, 0.1) is 53.5 Å². The lowest BCUT2D eigenvalue weighted by Gasteiger charge is -2.12. The molecule has 0 saturated carbocycles. The van der Waals surface area contributed by atoms with Crippen molar-refractivity contribution in [2.45, 2.75) is 0 Å². The predicted molar refractivity (Wildman–Crippen MR) is 133 cm³/mol. The minimum absolute atomic E-state index is 0.00241. The molecule has 0 saturated heterocycles. The first-order chi connectivity index (χ1) is 17.9. The van der Waals surface area contributed by atoms with Gasteiger partial charge in [-0.2, -0.15) is 0 Å². The van der Waals surface area contributed by atoms with Crippen LogP contribution in [0.15, 0.2) is 72.9 Å². The second-order valence-electron chi connectivity index (χ2n) is 7.66. The number of benzene rings is 2. The zero-order valence-electron chi connectivity index (χ0n) is 19.9. The number of para-hydroxylation sites is 1. The van der Waals surface area contributed by atoms with Gasteiger partial charge in [-0.3, -0.25) is 9.78 Å². The molecule has 0 aliphatic rings. The molecule has 0 aliphatic heterocycles. The molecule has 1 N–H and O–H groups in total. The molecule has 2 heterocycles. The minimum atomic E-state index is -0.748. The molecule has 1 amide bonds. The summed E-state index contributed by atoms with van der Waals surface area (Å²) in [5.74, 6) is -2.87. The van der Waals surface area contributed by atoms with Gasteiger partial charge in [-0.05, 0) is 42.5 Å². The van der Waals surface area contributed by atoms with Gasteiger partial charge in [0, 0.05) is 11.6 Å². The van der Waals surface area contributed by atoms with E-state index >= 15 is 0 Å². The number of anilines is 1. The van der Waals surface area contributed by atoms with E-state index in [1.807, 2.05) is 0 Å². The van der Waals surface area contributed by atoms with Crippen LogP contribution in [0.5, 0.6) is 0 Å². The molecule has 4 rings (SSSR count). The Balaban J connectivity index is 1.56. The number of carbonyl (C=O) groups is 4. The number of carbonyl (C=O) groups excluding carboxylic acids is 4. The average molecular weight is 499 g/mol. The van der Waals surface area contributed by atoms with Crippen LogP contribution in [0.4, 0.5) is 5.69 Å². The molecule has 186 valence electrons. The van der Waals surface area contributed by atoms with Crippen LogP contribution in [0.3, 0.4) is 0 Å². The van der Waals surface area contributed by atoms with Crippen molar-refractivity contribution >= 4 is 40.4 Å². The quantitative estimate of drug-likeness (QED) is 0.299. The van der Waals surface area contributed by atoms with Crippen LogP contribution in [-0.4, -0.2) is 54.6 Å². The minimum Gasteiger partial charge on any atom is -0.465 e. The largest absolute Gasteiger partial charge is 0.465 e. The lowest BCUT2D eigenvalue weighted by atomic mass is 10.1. The fourth-order valence-electron chi connectivity index (χ4n) is 3.57. The van der Waals surface area contributed by atoms with E-state index in [0.717, 1.165) is 0 Å². The van der Waals surface area contributed by atoms with Crippen LogP contribution < -0.4 is 5.32 Å². The fraction of sp³-hybridized carbons (Fsp3) is 0.111. The Morgan fingerprint density at radius 2 is 1.54 bits per heavy atom. The lowest BCUT2D eigenvalue weighted by molar-refractivity contribution is -0.119. The van der Waals surface area contributed by atoms with E-state index in [4.69, 9.17) is 9.47 Å². The van der Waals surface area contributed by atoms with Gasteiger partial charge in [0.25, 0.3) is 5.91 Å². The second kappa shape index (κ2) is 11.1. The number of methoxy groups -OCH3 is 2. The Bertz CT molecular complexity index is 1500. The lowest BCUT2D eigenvalue weighted by Crippen LogP contribution is -2.23. The van der Waals surface area contributed by atoms with Gasteiger partial charge in [0.2, 0.25) is 0 Å². The standard InChI is InChI=1S/C27H21N3O7/c1-35-25(32)16-10-11-18(26(33)36-2)22(13-16)30-24(31)15-37-27(34)19-14-23(21-9-5-6-12-28-21)29-20-8-4-3-7-17(19)20/h3-14H,15H2,1-2H3,(H,30,31). The summed E-state index contributed by atoms with van der Waals surface area (Å²) in [6.45, 7) is -0.655. The molecule has 2 aromatic heterocycles. The summed E-state index contributed by atoms with van der Waals surface area (Å²) in [5, 5.41) is 3.03. The number of nitrogens with zero attached hydrogens (tertiary/aromatic N) is 2. The van der Waals surface area contributed by atoms with Crippen LogP contribution in [-0.2, 0) is 19.0 Å². The summed E-state index contributed by atoms with van der Waals surface area (Å²) >= 11 is 0. The maximum Gasteiger partial charge on any atom is 0.339 e. The van der Waals surface area contributed by atoms with E-state index in [2.05, 4.69) is 20.0 Å². The third kappa shape index (κ3) is 5.59. The summed E-state index contributed by atoms with van der Waals surface area (Å²) < 4.78 is 14.7. The topological polar surface area (TPSA) is 134 Å². The molecular formula is C27H21N3O7. The summed E-state index contributed by atoms with van der Waals surface area (Å²) in [6.07, 6.45) is 1.62. The highest BCUT2D eigenvalue weighted by Crippen LogP contribution is 2.24. The number of pyridine rings is 2. The summed E-state index contributed by atoms with van der Waals surface area (Å²) in [5.41, 5.74) is 1.93. The molecule has 0 fully saturated rings. The smallest absolute Gasteiger partial charge is 0.339 e. The molecule has 0 spiro atoms. The van der Waals surface area contributed by atoms with Gasteiger partial charge in [-0.1, -0.05) is 24.3 Å². The molecule has 37 heavy (non-hydrogen) atoms. The van der Waals surface area contributed by atoms with Crippen molar-refractivity contribution in [1.82, 2.24) is 9.97 Å². The number of hydrogen-bond acceptors (Lipinski definition) is 9. The van der Waals surface area contributed by atoms with Crippen molar-refractivity contribution < 1.29 is 33.4 Å². The van der Waals surface area contributed by atoms with Gasteiger partial charge >= 0.3 is 17.9 Å². The maximum absolute atomic E-state index is 13.0. The predicted octanol–water partition coefficient (Wildman–Crippen LogP) is 3.67. The Morgan fingerprint density at radius 1 is 0.784 bits per heavy atom. The fourth-order valence-corrected chi connectivity index (χ4v) is 3.57. The molecule has 4 aromatic rings. The van der Waals surface area contributed by atoms with Crippen molar-refractivity contribution in [3.05, 3.63) is 89.6 Å². The molecule has 0 bridgehead atoms. The Kier molecular flexibility index (Phi) is 7.48. The zero-order valence-corrected chi connectivity index (χ0v) is 19.9. The van der Waals surface area contributed by atoms with E-state index < -0.39 is 30.4 Å². The van der Waals surface area contributed by atoms with Crippen LogP contribution in [0.25, 0.3) is 22.3 Å². The summed E-state index contributed by atoms with van der Waals surface area (Å²) in [7, 11) is 2.39. The van der Waals surface area contributed by atoms with Crippen LogP contribution in [0, 0.1) is 0 Å². The molecule has 10 nitrogen and oxygen atoms in total. The molecular weight excluding hydrogens is 478 g/mol. The Morgan fingerprint density at radius 3 is 2.27 bits per heavy atom. The first-order valence-corrected chi connectivity index (χ1v) is 11.0. The number of nitrogens with one attached hydrogen (secondary N) is 1. The molecule has 10 heteroatoms. The van der Waals surface area contributed by atoms with Crippen LogP contribution >= 0.6 is 0 Å². The number of ether oxygens (including phenoxy) is 3. The highest BCUT2D eigenvalue weighted by atomic mass is 16.5. The van der Waals surface area contributed by atoms with Crippen LogP contribution in [0.2, 0.25) is 0 Å². The maximum atomic E-state index is 13.0. The van der Waals surface area contributed by atoms with Gasteiger partial charge in [0.15, 0.2) is 6.61 Å². The third-order valence-corrected chi connectivity index (χ3v) is 5.32. The van der Waals surface area contributed by atoms with Gasteiger partial charge < -0.3 is 19.5 Å². The van der Waals surface area contributed by atoms with Crippen molar-refractivity contribution in [3.8, 4) is 11.4 Å². The Labute approximate surface area is 211 Å². The first-order valence-electron chi connectivity index (χ1n) is 11.0. The number of aromatic nitrogens is 2. The highest BCUT2D eigenvalue weighted by Gasteiger charge is 2.20. The molecule has 0 aliphatic carbocycles. The van der Waals surface area contributed by atoms with Crippen molar-refractivity contribution in [2.24, 2.45) is 0 Å². The van der Waals surface area contributed by atoms with E-state index in [9.17, 15) is 19.2 Å².